The van der Waals surface area contributed by atoms with Gasteiger partial charge in [-0.15, -0.1) is 0 Å². The second kappa shape index (κ2) is 5.71. The maximum absolute atomic E-state index is 12.5. The van der Waals surface area contributed by atoms with Crippen LogP contribution in [0.5, 0.6) is 0 Å². The second-order valence-electron chi connectivity index (χ2n) is 5.26. The van der Waals surface area contributed by atoms with Crippen LogP contribution in [0, 0.1) is 5.92 Å². The maximum atomic E-state index is 12.5. The number of ether oxygens (including phenoxy) is 1. The van der Waals surface area contributed by atoms with Crippen LogP contribution in [-0.4, -0.2) is 29.7 Å². The third-order valence-electron chi connectivity index (χ3n) is 2.55. The van der Waals surface area contributed by atoms with Crippen LogP contribution in [0.4, 0.5) is 9.18 Å². The van der Waals surface area contributed by atoms with E-state index in [1.807, 2.05) is 20.8 Å². The van der Waals surface area contributed by atoms with Crippen LogP contribution in [0.25, 0.3) is 0 Å². The van der Waals surface area contributed by atoms with E-state index in [-0.39, 0.29) is 12.0 Å². The summed E-state index contributed by atoms with van der Waals surface area (Å²) in [5.41, 5.74) is -0.476. The molecule has 0 aromatic heterocycles. The van der Waals surface area contributed by atoms with E-state index in [2.05, 4.69) is 0 Å². The first kappa shape index (κ1) is 14.3. The van der Waals surface area contributed by atoms with Crippen LogP contribution in [-0.2, 0) is 4.74 Å². The van der Waals surface area contributed by atoms with Gasteiger partial charge in [0.25, 0.3) is 0 Å². The Morgan fingerprint density at radius 1 is 1.41 bits per heavy atom. The summed E-state index contributed by atoms with van der Waals surface area (Å²) in [6, 6.07) is 0. The highest BCUT2D eigenvalue weighted by atomic mass is 35.5. The molecule has 3 nitrogen and oxygen atoms in total. The van der Waals surface area contributed by atoms with E-state index in [1.54, 1.807) is 4.90 Å². The largest absolute Gasteiger partial charge is 0.444 e. The van der Waals surface area contributed by atoms with Crippen LogP contribution < -0.4 is 0 Å². The second-order valence-corrected chi connectivity index (χ2v) is 5.62. The van der Waals surface area contributed by atoms with E-state index in [0.29, 0.717) is 13.1 Å². The molecule has 0 aromatic carbocycles. The summed E-state index contributed by atoms with van der Waals surface area (Å²) < 4.78 is 17.8. The molecule has 1 rings (SSSR count). The predicted octanol–water partition coefficient (Wildman–Crippen LogP) is 3.68. The van der Waals surface area contributed by atoms with Gasteiger partial charge < -0.3 is 9.64 Å². The lowest BCUT2D eigenvalue weighted by molar-refractivity contribution is 0.0197. The van der Waals surface area contributed by atoms with Gasteiger partial charge in [0.05, 0.1) is 0 Å². The molecule has 1 saturated heterocycles. The molecule has 5 heteroatoms. The summed E-state index contributed by atoms with van der Waals surface area (Å²) in [7, 11) is 0. The van der Waals surface area contributed by atoms with Crippen LogP contribution in [0.2, 0.25) is 0 Å². The van der Waals surface area contributed by atoms with Gasteiger partial charge in [-0.1, -0.05) is 11.6 Å². The molecule has 0 saturated carbocycles. The Morgan fingerprint density at radius 2 is 1.94 bits per heavy atom. The summed E-state index contributed by atoms with van der Waals surface area (Å²) in [6.45, 7) is 6.68. The average molecular weight is 264 g/mol. The molecule has 0 aromatic rings. The van der Waals surface area contributed by atoms with Gasteiger partial charge in [-0.05, 0) is 45.6 Å². The Morgan fingerprint density at radius 3 is 2.35 bits per heavy atom. The van der Waals surface area contributed by atoms with E-state index in [0.717, 1.165) is 12.8 Å². The molecule has 0 radical (unpaired) electrons. The van der Waals surface area contributed by atoms with Crippen molar-refractivity contribution < 1.29 is 13.9 Å². The smallest absolute Gasteiger partial charge is 0.410 e. The third-order valence-corrected chi connectivity index (χ3v) is 2.68. The topological polar surface area (TPSA) is 29.5 Å². The number of piperidine rings is 1. The van der Waals surface area contributed by atoms with Crippen molar-refractivity contribution in [2.75, 3.05) is 13.1 Å². The highest BCUT2D eigenvalue weighted by Gasteiger charge is 2.26. The van der Waals surface area contributed by atoms with E-state index in [1.165, 1.54) is 6.08 Å². The first-order valence-corrected chi connectivity index (χ1v) is 6.16. The number of carbonyl (C=O) groups is 1. The third kappa shape index (κ3) is 5.39. The van der Waals surface area contributed by atoms with Gasteiger partial charge in [0.1, 0.15) is 5.60 Å². The zero-order chi connectivity index (χ0) is 13.1. The van der Waals surface area contributed by atoms with E-state index >= 15 is 0 Å². The molecule has 1 heterocycles. The SMILES string of the molecule is CC(C)(C)OC(=O)N1CCC(/C=C(/F)Cl)CC1. The fourth-order valence-corrected chi connectivity index (χ4v) is 1.93. The lowest BCUT2D eigenvalue weighted by Crippen LogP contribution is -2.41. The molecular weight excluding hydrogens is 245 g/mol. The summed E-state index contributed by atoms with van der Waals surface area (Å²) in [6.07, 6.45) is 2.55. The van der Waals surface area contributed by atoms with Crippen molar-refractivity contribution in [2.24, 2.45) is 5.92 Å². The minimum atomic E-state index is -0.666. The minimum Gasteiger partial charge on any atom is -0.444 e. The molecule has 1 aliphatic rings. The minimum absolute atomic E-state index is 0.117. The Kier molecular flexibility index (Phi) is 4.80. The highest BCUT2D eigenvalue weighted by molar-refractivity contribution is 6.28. The molecule has 1 aliphatic heterocycles. The number of rotatable bonds is 1. The van der Waals surface area contributed by atoms with Crippen molar-refractivity contribution in [3.05, 3.63) is 11.4 Å². The van der Waals surface area contributed by atoms with Crippen LogP contribution in [0.1, 0.15) is 33.6 Å². The first-order chi connectivity index (χ1) is 7.78. The van der Waals surface area contributed by atoms with Gasteiger partial charge in [0, 0.05) is 13.1 Å². The monoisotopic (exact) mass is 263 g/mol. The van der Waals surface area contributed by atoms with Gasteiger partial charge in [0.2, 0.25) is 0 Å². The van der Waals surface area contributed by atoms with Crippen molar-refractivity contribution in [3.8, 4) is 0 Å². The lowest BCUT2D eigenvalue weighted by atomic mass is 9.97. The van der Waals surface area contributed by atoms with Crippen molar-refractivity contribution in [1.29, 1.82) is 0 Å². The van der Waals surface area contributed by atoms with Crippen LogP contribution in [0.3, 0.4) is 0 Å². The Labute approximate surface area is 107 Å². The van der Waals surface area contributed by atoms with Gasteiger partial charge in [-0.2, -0.15) is 4.39 Å². The molecule has 0 aliphatic carbocycles. The number of allylic oxidation sites excluding steroid dienone is 1. The molecular formula is C12H19ClFNO2. The number of hydrogen-bond acceptors (Lipinski definition) is 2. The van der Waals surface area contributed by atoms with Crippen molar-refractivity contribution in [3.63, 3.8) is 0 Å². The Bertz CT molecular complexity index is 300. The lowest BCUT2D eigenvalue weighted by Gasteiger charge is -2.32. The standard InChI is InChI=1S/C12H19ClFNO2/c1-12(2,3)17-11(16)15-6-4-9(5-7-15)8-10(13)14/h8-9H,4-7H2,1-3H3/b10-8+. The Hall–Kier alpha value is -0.770. The van der Waals surface area contributed by atoms with Crippen molar-refractivity contribution >= 4 is 17.7 Å². The number of hydrogen-bond donors (Lipinski definition) is 0. The van der Waals surface area contributed by atoms with Crippen LogP contribution >= 0.6 is 11.6 Å². The number of halogens is 2. The van der Waals surface area contributed by atoms with E-state index in [4.69, 9.17) is 16.3 Å². The number of amides is 1. The molecule has 0 atom stereocenters. The number of nitrogens with zero attached hydrogens (tertiary/aromatic N) is 1. The number of carbonyl (C=O) groups excluding carboxylic acids is 1. The van der Waals surface area contributed by atoms with Gasteiger partial charge in [0.15, 0.2) is 5.29 Å². The summed E-state index contributed by atoms with van der Waals surface area (Å²) in [5, 5.41) is -0.666. The Balaban J connectivity index is 2.42. The van der Waals surface area contributed by atoms with E-state index < -0.39 is 10.9 Å². The molecule has 0 bridgehead atoms. The quantitative estimate of drug-likeness (QED) is 0.722. The van der Waals surface area contributed by atoms with Gasteiger partial charge >= 0.3 is 6.09 Å². The fourth-order valence-electron chi connectivity index (χ4n) is 1.75. The first-order valence-electron chi connectivity index (χ1n) is 5.78. The molecule has 0 unspecified atom stereocenters. The number of likely N-dealkylation sites (tertiary alicyclic amines) is 1. The molecule has 0 spiro atoms. The molecule has 1 fully saturated rings. The molecule has 98 valence electrons. The summed E-state index contributed by atoms with van der Waals surface area (Å²) in [5.74, 6) is 0.117. The maximum Gasteiger partial charge on any atom is 0.410 e. The molecule has 17 heavy (non-hydrogen) atoms. The molecule has 1 amide bonds. The fraction of sp³-hybridized carbons (Fsp3) is 0.750. The predicted molar refractivity (Wildman–Crippen MR) is 65.6 cm³/mol. The summed E-state index contributed by atoms with van der Waals surface area (Å²) in [4.78, 5) is 13.4. The zero-order valence-electron chi connectivity index (χ0n) is 10.5. The van der Waals surface area contributed by atoms with Gasteiger partial charge in [-0.25, -0.2) is 4.79 Å². The summed E-state index contributed by atoms with van der Waals surface area (Å²) >= 11 is 5.19. The van der Waals surface area contributed by atoms with E-state index in [9.17, 15) is 9.18 Å². The average Bonchev–Trinajstić information content (AvgIpc) is 2.15. The van der Waals surface area contributed by atoms with Gasteiger partial charge in [-0.3, -0.25) is 0 Å². The zero-order valence-corrected chi connectivity index (χ0v) is 11.3. The van der Waals surface area contributed by atoms with Crippen molar-refractivity contribution in [1.82, 2.24) is 4.90 Å². The van der Waals surface area contributed by atoms with Crippen LogP contribution in [0.15, 0.2) is 11.4 Å². The highest BCUT2D eigenvalue weighted by Crippen LogP contribution is 2.22. The van der Waals surface area contributed by atoms with Crippen molar-refractivity contribution in [2.45, 2.75) is 39.2 Å². The normalized spacial score (nSPS) is 19.4. The molecule has 0 N–H and O–H groups in total.